The average molecular weight is 606 g/mol. The highest BCUT2D eigenvalue weighted by Crippen LogP contribution is 2.31. The summed E-state index contributed by atoms with van der Waals surface area (Å²) in [6.45, 7) is 9.78. The van der Waals surface area contributed by atoms with Crippen LogP contribution in [0.15, 0.2) is 42.5 Å². The molecule has 0 radical (unpaired) electrons. The number of anilines is 1. The Balaban J connectivity index is 1.11. The van der Waals surface area contributed by atoms with Crippen LogP contribution in [0.1, 0.15) is 68.1 Å². The lowest BCUT2D eigenvalue weighted by atomic mass is 10.0. The largest absolute Gasteiger partial charge is 0.484 e. The zero-order chi connectivity index (χ0) is 31.6. The predicted octanol–water partition coefficient (Wildman–Crippen LogP) is 2.76. The van der Waals surface area contributed by atoms with Gasteiger partial charge in [0.05, 0.1) is 6.04 Å². The quantitative estimate of drug-likeness (QED) is 0.460. The van der Waals surface area contributed by atoms with Gasteiger partial charge in [0.1, 0.15) is 17.4 Å². The van der Waals surface area contributed by atoms with Crippen LogP contribution in [-0.2, 0) is 25.7 Å². The van der Waals surface area contributed by atoms with E-state index in [-0.39, 0.29) is 36.8 Å². The molecule has 2 atom stereocenters. The van der Waals surface area contributed by atoms with Gasteiger partial charge in [-0.3, -0.25) is 24.5 Å². The standard InChI is InChI=1S/C32H39N5O7/c1-20(33-31(42)44-32(2,3)4)21-6-5-7-24(17-21)43-19-28(39)36-14-12-35(13-15-36)23-8-9-25-22(16-23)18-37(30(25)41)26-10-11-27(38)34-29(26)40/h5-9,16-17,20,26H,10-15,18-19H2,1-4H3,(H,33,42)(H,34,38,40)/t20-,26?/m1/s1. The van der Waals surface area contributed by atoms with Crippen LogP contribution in [-0.4, -0.2) is 84.0 Å². The molecule has 5 amide bonds. The van der Waals surface area contributed by atoms with E-state index < -0.39 is 23.6 Å². The van der Waals surface area contributed by atoms with E-state index in [2.05, 4.69) is 15.5 Å². The third kappa shape index (κ3) is 7.12. The molecule has 234 valence electrons. The number of amides is 5. The van der Waals surface area contributed by atoms with Crippen LogP contribution in [0.3, 0.4) is 0 Å². The molecular weight excluding hydrogens is 566 g/mol. The maximum Gasteiger partial charge on any atom is 0.408 e. The van der Waals surface area contributed by atoms with Crippen LogP contribution in [0, 0.1) is 0 Å². The lowest BCUT2D eigenvalue weighted by Crippen LogP contribution is -2.52. The summed E-state index contributed by atoms with van der Waals surface area (Å²) >= 11 is 0. The monoisotopic (exact) mass is 605 g/mol. The number of imide groups is 1. The highest BCUT2D eigenvalue weighted by molar-refractivity contribution is 6.05. The van der Waals surface area contributed by atoms with Crippen molar-refractivity contribution in [3.05, 3.63) is 59.2 Å². The van der Waals surface area contributed by atoms with Gasteiger partial charge in [-0.05, 0) is 75.6 Å². The van der Waals surface area contributed by atoms with Crippen molar-refractivity contribution in [3.63, 3.8) is 0 Å². The summed E-state index contributed by atoms with van der Waals surface area (Å²) in [4.78, 5) is 67.4. The third-order valence-electron chi connectivity index (χ3n) is 7.96. The molecule has 2 N–H and O–H groups in total. The van der Waals surface area contributed by atoms with Crippen molar-refractivity contribution in [2.75, 3.05) is 37.7 Å². The number of carbonyl (C=O) groups excluding carboxylic acids is 5. The summed E-state index contributed by atoms with van der Waals surface area (Å²) in [5, 5.41) is 5.14. The molecule has 0 bridgehead atoms. The van der Waals surface area contributed by atoms with Gasteiger partial charge < -0.3 is 29.5 Å². The topological polar surface area (TPSA) is 138 Å². The molecule has 5 rings (SSSR count). The van der Waals surface area contributed by atoms with Crippen LogP contribution < -0.4 is 20.3 Å². The lowest BCUT2D eigenvalue weighted by Gasteiger charge is -2.36. The summed E-state index contributed by atoms with van der Waals surface area (Å²) in [7, 11) is 0. The van der Waals surface area contributed by atoms with Crippen LogP contribution in [0.25, 0.3) is 0 Å². The number of hydrogen-bond acceptors (Lipinski definition) is 8. The molecule has 0 aromatic heterocycles. The van der Waals surface area contributed by atoms with Gasteiger partial charge in [-0.15, -0.1) is 0 Å². The summed E-state index contributed by atoms with van der Waals surface area (Å²) in [6, 6.07) is 12.0. The van der Waals surface area contributed by atoms with Gasteiger partial charge in [-0.2, -0.15) is 0 Å². The molecule has 12 nitrogen and oxygen atoms in total. The second kappa shape index (κ2) is 12.6. The van der Waals surface area contributed by atoms with Crippen molar-refractivity contribution >= 4 is 35.4 Å². The van der Waals surface area contributed by atoms with E-state index in [4.69, 9.17) is 9.47 Å². The van der Waals surface area contributed by atoms with Gasteiger partial charge in [0, 0.05) is 50.4 Å². The minimum atomic E-state index is -0.646. The van der Waals surface area contributed by atoms with Crippen LogP contribution in [0.4, 0.5) is 10.5 Å². The number of benzene rings is 2. The molecule has 0 saturated carbocycles. The molecule has 3 heterocycles. The fraction of sp³-hybridized carbons (Fsp3) is 0.469. The van der Waals surface area contributed by atoms with E-state index in [1.807, 2.05) is 31.2 Å². The van der Waals surface area contributed by atoms with E-state index in [0.717, 1.165) is 16.8 Å². The van der Waals surface area contributed by atoms with Crippen molar-refractivity contribution in [1.82, 2.24) is 20.4 Å². The molecule has 3 aliphatic heterocycles. The Labute approximate surface area is 256 Å². The molecule has 1 unspecified atom stereocenters. The van der Waals surface area contributed by atoms with Crippen molar-refractivity contribution < 1.29 is 33.4 Å². The number of fused-ring (bicyclic) bond motifs is 1. The van der Waals surface area contributed by atoms with Gasteiger partial charge in [0.15, 0.2) is 6.61 Å². The van der Waals surface area contributed by atoms with Crippen LogP contribution in [0.5, 0.6) is 5.75 Å². The van der Waals surface area contributed by atoms with Crippen molar-refractivity contribution in [2.24, 2.45) is 0 Å². The molecule has 12 heteroatoms. The summed E-state index contributed by atoms with van der Waals surface area (Å²) in [5.74, 6) is -0.517. The summed E-state index contributed by atoms with van der Waals surface area (Å²) in [6.07, 6.45) is 0.0369. The molecule has 2 saturated heterocycles. The molecule has 2 aromatic carbocycles. The SMILES string of the molecule is C[C@@H](NC(=O)OC(C)(C)C)c1cccc(OCC(=O)N2CCN(c3ccc4c(c3)CN(C3CCC(=O)NC3=O)C4=O)CC2)c1. The highest BCUT2D eigenvalue weighted by atomic mass is 16.6. The number of piperidine rings is 1. The van der Waals surface area contributed by atoms with Gasteiger partial charge in [-0.25, -0.2) is 4.79 Å². The fourth-order valence-electron chi connectivity index (χ4n) is 5.65. The van der Waals surface area contributed by atoms with Gasteiger partial charge in [0.25, 0.3) is 11.8 Å². The smallest absolute Gasteiger partial charge is 0.408 e. The number of piperazine rings is 1. The average Bonchev–Trinajstić information content (AvgIpc) is 3.30. The number of ether oxygens (including phenoxy) is 2. The third-order valence-corrected chi connectivity index (χ3v) is 7.96. The van der Waals surface area contributed by atoms with Crippen molar-refractivity contribution in [3.8, 4) is 5.75 Å². The first-order valence-electron chi connectivity index (χ1n) is 14.9. The second-order valence-corrected chi connectivity index (χ2v) is 12.3. The normalized spacial score (nSPS) is 19.3. The summed E-state index contributed by atoms with van der Waals surface area (Å²) in [5.41, 5.74) is 2.61. The first-order chi connectivity index (χ1) is 20.9. The molecule has 2 fully saturated rings. The van der Waals surface area contributed by atoms with Gasteiger partial charge in [-0.1, -0.05) is 12.1 Å². The molecule has 0 spiro atoms. The second-order valence-electron chi connectivity index (χ2n) is 12.3. The van der Waals surface area contributed by atoms with E-state index >= 15 is 0 Å². The Morgan fingerprint density at radius 2 is 1.80 bits per heavy atom. The number of rotatable bonds is 7. The minimum absolute atomic E-state index is 0.103. The summed E-state index contributed by atoms with van der Waals surface area (Å²) < 4.78 is 11.1. The molecule has 3 aliphatic rings. The van der Waals surface area contributed by atoms with E-state index in [1.54, 1.807) is 48.8 Å². The van der Waals surface area contributed by atoms with Crippen LogP contribution in [0.2, 0.25) is 0 Å². The van der Waals surface area contributed by atoms with Gasteiger partial charge in [0.2, 0.25) is 11.8 Å². The Morgan fingerprint density at radius 1 is 1.05 bits per heavy atom. The number of nitrogens with zero attached hydrogens (tertiary/aromatic N) is 3. The zero-order valence-corrected chi connectivity index (χ0v) is 25.6. The lowest BCUT2D eigenvalue weighted by molar-refractivity contribution is -0.137. The number of hydrogen-bond donors (Lipinski definition) is 2. The Kier molecular flexibility index (Phi) is 8.80. The zero-order valence-electron chi connectivity index (χ0n) is 25.6. The highest BCUT2D eigenvalue weighted by Gasteiger charge is 2.39. The minimum Gasteiger partial charge on any atom is -0.484 e. The first-order valence-corrected chi connectivity index (χ1v) is 14.9. The van der Waals surface area contributed by atoms with E-state index in [1.165, 1.54) is 0 Å². The van der Waals surface area contributed by atoms with Crippen molar-refractivity contribution in [2.45, 2.75) is 64.8 Å². The first kappa shape index (κ1) is 30.8. The predicted molar refractivity (Wildman–Crippen MR) is 161 cm³/mol. The Bertz CT molecular complexity index is 1460. The van der Waals surface area contributed by atoms with E-state index in [0.29, 0.717) is 50.5 Å². The fourth-order valence-corrected chi connectivity index (χ4v) is 5.65. The maximum absolute atomic E-state index is 13.0. The molecule has 44 heavy (non-hydrogen) atoms. The molecular formula is C32H39N5O7. The number of nitrogens with one attached hydrogen (secondary N) is 2. The van der Waals surface area contributed by atoms with Crippen LogP contribution >= 0.6 is 0 Å². The van der Waals surface area contributed by atoms with Gasteiger partial charge >= 0.3 is 6.09 Å². The number of carbonyl (C=O) groups is 5. The maximum atomic E-state index is 13.0. The molecule has 2 aromatic rings. The number of alkyl carbamates (subject to hydrolysis) is 1. The van der Waals surface area contributed by atoms with E-state index in [9.17, 15) is 24.0 Å². The van der Waals surface area contributed by atoms with Crippen molar-refractivity contribution in [1.29, 1.82) is 0 Å². The Hall–Kier alpha value is -4.61. The molecule has 0 aliphatic carbocycles. The Morgan fingerprint density at radius 3 is 2.50 bits per heavy atom.